The van der Waals surface area contributed by atoms with Gasteiger partial charge in [-0.1, -0.05) is 30.3 Å². The number of ether oxygens (including phenoxy) is 1. The minimum Gasteiger partial charge on any atom is -0.462 e. The second-order valence-electron chi connectivity index (χ2n) is 5.38. The van der Waals surface area contributed by atoms with Crippen molar-refractivity contribution >= 4 is 28.2 Å². The molecular weight excluding hydrogens is 307 g/mol. The smallest absolute Gasteiger partial charge is 0.340 e. The topological polar surface area (TPSA) is 51.2 Å². The van der Waals surface area contributed by atoms with Gasteiger partial charge in [0.25, 0.3) is 0 Å². The summed E-state index contributed by atoms with van der Waals surface area (Å²) in [6.07, 6.45) is 1.48. The maximum Gasteiger partial charge on any atom is 0.340 e. The van der Waals surface area contributed by atoms with Crippen molar-refractivity contribution in [3.63, 3.8) is 0 Å². The molecule has 122 valence electrons. The summed E-state index contributed by atoms with van der Waals surface area (Å²) in [5.41, 5.74) is 1.59. The van der Waals surface area contributed by atoms with Crippen molar-refractivity contribution in [3.05, 3.63) is 65.6 Å². The highest BCUT2D eigenvalue weighted by molar-refractivity contribution is 6.07. The first-order valence-electron chi connectivity index (χ1n) is 7.68. The fourth-order valence-corrected chi connectivity index (χ4v) is 2.47. The number of anilines is 2. The van der Waals surface area contributed by atoms with Crippen LogP contribution in [0, 0.1) is 12.7 Å². The SMILES string of the molecule is CCOC(=O)c1cnc(Nc2ccc(C)c(F)c2)c2ccccc12. The third-order valence-corrected chi connectivity index (χ3v) is 3.73. The van der Waals surface area contributed by atoms with Crippen LogP contribution < -0.4 is 5.32 Å². The van der Waals surface area contributed by atoms with E-state index in [1.54, 1.807) is 26.0 Å². The molecular formula is C19H17FN2O2. The summed E-state index contributed by atoms with van der Waals surface area (Å²) in [6, 6.07) is 12.3. The summed E-state index contributed by atoms with van der Waals surface area (Å²) < 4.78 is 18.8. The third kappa shape index (κ3) is 3.06. The zero-order valence-electron chi connectivity index (χ0n) is 13.5. The van der Waals surface area contributed by atoms with Crippen LogP contribution in [-0.4, -0.2) is 17.6 Å². The lowest BCUT2D eigenvalue weighted by Crippen LogP contribution is -2.07. The molecule has 1 heterocycles. The molecule has 0 unspecified atom stereocenters. The van der Waals surface area contributed by atoms with E-state index in [9.17, 15) is 9.18 Å². The Morgan fingerprint density at radius 3 is 2.67 bits per heavy atom. The molecule has 0 bridgehead atoms. The Kier molecular flexibility index (Phi) is 4.42. The van der Waals surface area contributed by atoms with Crippen LogP contribution in [0.25, 0.3) is 10.8 Å². The standard InChI is InChI=1S/C19H17FN2O2/c1-3-24-19(23)16-11-21-18(15-7-5-4-6-14(15)16)22-13-9-8-12(2)17(20)10-13/h4-11H,3H2,1-2H3,(H,21,22). The number of aryl methyl sites for hydroxylation is 1. The van der Waals surface area contributed by atoms with Gasteiger partial charge in [0.1, 0.15) is 11.6 Å². The van der Waals surface area contributed by atoms with Crippen molar-refractivity contribution in [2.24, 2.45) is 0 Å². The van der Waals surface area contributed by atoms with E-state index in [4.69, 9.17) is 4.74 Å². The number of fused-ring (bicyclic) bond motifs is 1. The van der Waals surface area contributed by atoms with E-state index in [1.165, 1.54) is 12.3 Å². The number of esters is 1. The van der Waals surface area contributed by atoms with Gasteiger partial charge in [0.05, 0.1) is 12.2 Å². The van der Waals surface area contributed by atoms with Crippen LogP contribution in [0.2, 0.25) is 0 Å². The average Bonchev–Trinajstić information content (AvgIpc) is 2.58. The van der Waals surface area contributed by atoms with Crippen molar-refractivity contribution < 1.29 is 13.9 Å². The Morgan fingerprint density at radius 1 is 1.21 bits per heavy atom. The quantitative estimate of drug-likeness (QED) is 0.712. The summed E-state index contributed by atoms with van der Waals surface area (Å²) in [5.74, 6) is -0.136. The van der Waals surface area contributed by atoms with Crippen LogP contribution in [0.3, 0.4) is 0 Å². The maximum absolute atomic E-state index is 13.7. The van der Waals surface area contributed by atoms with Crippen molar-refractivity contribution in [2.45, 2.75) is 13.8 Å². The molecule has 0 atom stereocenters. The van der Waals surface area contributed by atoms with E-state index in [1.807, 2.05) is 24.3 Å². The van der Waals surface area contributed by atoms with E-state index >= 15 is 0 Å². The second-order valence-corrected chi connectivity index (χ2v) is 5.38. The van der Waals surface area contributed by atoms with Crippen LogP contribution in [0.1, 0.15) is 22.8 Å². The van der Waals surface area contributed by atoms with Gasteiger partial charge in [-0.3, -0.25) is 0 Å². The van der Waals surface area contributed by atoms with Crippen molar-refractivity contribution in [3.8, 4) is 0 Å². The fourth-order valence-electron chi connectivity index (χ4n) is 2.47. The van der Waals surface area contributed by atoms with Gasteiger partial charge in [0.2, 0.25) is 0 Å². The van der Waals surface area contributed by atoms with Gasteiger partial charge in [-0.15, -0.1) is 0 Å². The molecule has 0 aliphatic rings. The molecule has 24 heavy (non-hydrogen) atoms. The number of benzene rings is 2. The fraction of sp³-hybridized carbons (Fsp3) is 0.158. The summed E-state index contributed by atoms with van der Waals surface area (Å²) in [6.45, 7) is 3.77. The molecule has 0 radical (unpaired) electrons. The number of pyridine rings is 1. The van der Waals surface area contributed by atoms with Crippen LogP contribution in [0.5, 0.6) is 0 Å². The van der Waals surface area contributed by atoms with Gasteiger partial charge in [-0.25, -0.2) is 14.2 Å². The molecule has 0 saturated heterocycles. The summed E-state index contributed by atoms with van der Waals surface area (Å²) in [5, 5.41) is 4.61. The summed E-state index contributed by atoms with van der Waals surface area (Å²) in [7, 11) is 0. The highest BCUT2D eigenvalue weighted by Gasteiger charge is 2.14. The predicted molar refractivity (Wildman–Crippen MR) is 92.1 cm³/mol. The first-order valence-corrected chi connectivity index (χ1v) is 7.68. The lowest BCUT2D eigenvalue weighted by molar-refractivity contribution is 0.0528. The van der Waals surface area contributed by atoms with Crippen LogP contribution in [-0.2, 0) is 4.74 Å². The molecule has 1 N–H and O–H groups in total. The second kappa shape index (κ2) is 6.66. The average molecular weight is 324 g/mol. The van der Waals surface area contributed by atoms with Crippen molar-refractivity contribution in [1.29, 1.82) is 0 Å². The highest BCUT2D eigenvalue weighted by Crippen LogP contribution is 2.28. The molecule has 0 aliphatic heterocycles. The molecule has 2 aromatic carbocycles. The van der Waals surface area contributed by atoms with Gasteiger partial charge in [-0.05, 0) is 31.5 Å². The maximum atomic E-state index is 13.7. The molecule has 3 rings (SSSR count). The van der Waals surface area contributed by atoms with Gasteiger partial charge in [-0.2, -0.15) is 0 Å². The zero-order valence-corrected chi connectivity index (χ0v) is 13.5. The number of nitrogens with one attached hydrogen (secondary N) is 1. The van der Waals surface area contributed by atoms with Gasteiger partial charge in [0, 0.05) is 22.7 Å². The molecule has 3 aromatic rings. The first-order chi connectivity index (χ1) is 11.6. The Balaban J connectivity index is 2.04. The molecule has 0 fully saturated rings. The number of hydrogen-bond acceptors (Lipinski definition) is 4. The molecule has 5 heteroatoms. The predicted octanol–water partition coefficient (Wildman–Crippen LogP) is 4.60. The van der Waals surface area contributed by atoms with E-state index in [0.717, 1.165) is 10.8 Å². The number of hydrogen-bond donors (Lipinski definition) is 1. The number of halogens is 1. The number of aromatic nitrogens is 1. The van der Waals surface area contributed by atoms with E-state index < -0.39 is 5.97 Å². The minimum absolute atomic E-state index is 0.285. The number of rotatable bonds is 4. The first kappa shape index (κ1) is 15.9. The number of carbonyl (C=O) groups excluding carboxylic acids is 1. The monoisotopic (exact) mass is 324 g/mol. The van der Waals surface area contributed by atoms with Gasteiger partial charge < -0.3 is 10.1 Å². The lowest BCUT2D eigenvalue weighted by Gasteiger charge is -2.12. The molecule has 1 aromatic heterocycles. The normalized spacial score (nSPS) is 10.6. The van der Waals surface area contributed by atoms with Gasteiger partial charge >= 0.3 is 5.97 Å². The Labute approximate surface area is 139 Å². The van der Waals surface area contributed by atoms with Gasteiger partial charge in [0.15, 0.2) is 0 Å². The van der Waals surface area contributed by atoms with E-state index in [-0.39, 0.29) is 5.82 Å². The summed E-state index contributed by atoms with van der Waals surface area (Å²) >= 11 is 0. The van der Waals surface area contributed by atoms with Crippen LogP contribution in [0.4, 0.5) is 15.9 Å². The summed E-state index contributed by atoms with van der Waals surface area (Å²) in [4.78, 5) is 16.4. The van der Waals surface area contributed by atoms with Crippen molar-refractivity contribution in [1.82, 2.24) is 4.98 Å². The largest absolute Gasteiger partial charge is 0.462 e. The van der Waals surface area contributed by atoms with E-state index in [0.29, 0.717) is 29.2 Å². The minimum atomic E-state index is -0.408. The number of nitrogens with zero attached hydrogens (tertiary/aromatic N) is 1. The molecule has 4 nitrogen and oxygen atoms in total. The van der Waals surface area contributed by atoms with Crippen molar-refractivity contribution in [2.75, 3.05) is 11.9 Å². The molecule has 0 amide bonds. The Bertz CT molecular complexity index is 909. The number of carbonyl (C=O) groups is 1. The Hall–Kier alpha value is -2.95. The Morgan fingerprint density at radius 2 is 1.96 bits per heavy atom. The zero-order chi connectivity index (χ0) is 17.1. The molecule has 0 spiro atoms. The van der Waals surface area contributed by atoms with E-state index in [2.05, 4.69) is 10.3 Å². The lowest BCUT2D eigenvalue weighted by atomic mass is 10.1. The highest BCUT2D eigenvalue weighted by atomic mass is 19.1. The van der Waals surface area contributed by atoms with Crippen LogP contribution >= 0.6 is 0 Å². The third-order valence-electron chi connectivity index (χ3n) is 3.73. The molecule has 0 aliphatic carbocycles. The van der Waals surface area contributed by atoms with Crippen LogP contribution in [0.15, 0.2) is 48.7 Å². The molecule has 0 saturated carbocycles.